The van der Waals surface area contributed by atoms with Crippen molar-refractivity contribution in [2.45, 2.75) is 12.7 Å². The van der Waals surface area contributed by atoms with Crippen LogP contribution in [0.2, 0.25) is 0 Å². The van der Waals surface area contributed by atoms with Crippen LogP contribution in [-0.2, 0) is 5.75 Å². The molecule has 0 spiro atoms. The number of aromatic nitrogens is 2. The number of hydrogen-bond donors (Lipinski definition) is 5. The second kappa shape index (κ2) is 10.5. The number of hydrogen-bond acceptors (Lipinski definition) is 4. The molecule has 1 rings (SSSR count). The first-order chi connectivity index (χ1) is 7.24. The highest BCUT2D eigenvalue weighted by atomic mass is 35.5. The van der Waals surface area contributed by atoms with Crippen LogP contribution in [0.25, 0.3) is 0 Å². The normalized spacial score (nSPS) is 8.82. The van der Waals surface area contributed by atoms with E-state index < -0.39 is 0 Å². The molecule has 0 aliphatic rings. The van der Waals surface area contributed by atoms with Crippen LogP contribution in [0, 0.1) is 12.3 Å². The Hall–Kier alpha value is -0.630. The van der Waals surface area contributed by atoms with E-state index in [1.54, 1.807) is 23.6 Å². The molecule has 5 N–H and O–H groups in total. The highest BCUT2D eigenvalue weighted by molar-refractivity contribution is 7.98. The largest absolute Gasteiger partial charge is 0.354 e. The zero-order chi connectivity index (χ0) is 11.1. The van der Waals surface area contributed by atoms with Crippen LogP contribution in [0.1, 0.15) is 11.4 Å². The van der Waals surface area contributed by atoms with Crippen LogP contribution in [0.4, 0.5) is 0 Å². The third-order valence-corrected chi connectivity index (χ3v) is 2.83. The molecule has 6 nitrogen and oxygen atoms in total. The van der Waals surface area contributed by atoms with Crippen LogP contribution in [0.5, 0.6) is 0 Å². The molecule has 0 radical (unpaired) electrons. The van der Waals surface area contributed by atoms with Crippen LogP contribution >= 0.6 is 36.6 Å². The third kappa shape index (κ3) is 7.32. The second-order valence-corrected chi connectivity index (χ2v) is 4.04. The average Bonchev–Trinajstić information content (AvgIpc) is 2.63. The van der Waals surface area contributed by atoms with Crippen LogP contribution in [0.15, 0.2) is 6.33 Å². The molecular weight excluding hydrogens is 285 g/mol. The minimum absolute atomic E-state index is 0. The summed E-state index contributed by atoms with van der Waals surface area (Å²) in [6, 6.07) is 0. The molecule has 0 saturated carbocycles. The van der Waals surface area contributed by atoms with E-state index in [0.717, 1.165) is 22.9 Å². The first-order valence-electron chi connectivity index (χ1n) is 4.53. The van der Waals surface area contributed by atoms with E-state index in [-0.39, 0.29) is 30.8 Å². The van der Waals surface area contributed by atoms with E-state index in [9.17, 15) is 0 Å². The van der Waals surface area contributed by atoms with Crippen molar-refractivity contribution in [3.8, 4) is 0 Å². The molecule has 17 heavy (non-hydrogen) atoms. The summed E-state index contributed by atoms with van der Waals surface area (Å²) >= 11 is 1.74. The molecule has 0 amide bonds. The summed E-state index contributed by atoms with van der Waals surface area (Å²) in [5.41, 5.74) is 3.89. The number of nitrogens with zero attached hydrogens (tertiary/aromatic N) is 1. The lowest BCUT2D eigenvalue weighted by atomic mass is 10.4. The predicted octanol–water partition coefficient (Wildman–Crippen LogP) is 1.30. The Bertz CT molecular complexity index is 323. The lowest BCUT2D eigenvalue weighted by molar-refractivity contribution is 0.229. The Morgan fingerprint density at radius 3 is 2.82 bits per heavy atom. The Kier molecular flexibility index (Phi) is 11.6. The number of imidazole rings is 1. The molecule has 1 aromatic rings. The van der Waals surface area contributed by atoms with Crippen molar-refractivity contribution >= 4 is 42.5 Å². The van der Waals surface area contributed by atoms with Gasteiger partial charge in [0, 0.05) is 23.7 Å². The summed E-state index contributed by atoms with van der Waals surface area (Å²) in [7, 11) is 0. The maximum absolute atomic E-state index is 8.32. The van der Waals surface area contributed by atoms with Gasteiger partial charge in [-0.2, -0.15) is 11.8 Å². The first-order valence-corrected chi connectivity index (χ1v) is 5.68. The van der Waals surface area contributed by atoms with Gasteiger partial charge in [0.15, 0.2) is 0 Å². The van der Waals surface area contributed by atoms with Crippen molar-refractivity contribution in [3.63, 3.8) is 0 Å². The van der Waals surface area contributed by atoms with Crippen LogP contribution in [0.3, 0.4) is 0 Å². The summed E-state index contributed by atoms with van der Waals surface area (Å²) in [4.78, 5) is 7.16. The van der Waals surface area contributed by atoms with Gasteiger partial charge < -0.3 is 10.3 Å². The molecule has 0 saturated heterocycles. The van der Waals surface area contributed by atoms with E-state index >= 15 is 0 Å². The number of H-pyrrole nitrogens is 1. The van der Waals surface area contributed by atoms with Gasteiger partial charge in [-0.15, -0.1) is 24.8 Å². The maximum atomic E-state index is 8.32. The molecule has 0 unspecified atom stereocenters. The highest BCUT2D eigenvalue weighted by Crippen LogP contribution is 2.11. The monoisotopic (exact) mass is 301 g/mol. The molecule has 9 heteroatoms. The number of thioether (sulfide) groups is 1. The Morgan fingerprint density at radius 1 is 1.59 bits per heavy atom. The van der Waals surface area contributed by atoms with E-state index in [1.807, 2.05) is 6.92 Å². The van der Waals surface area contributed by atoms with Crippen molar-refractivity contribution in [1.29, 1.82) is 5.41 Å². The SMILES string of the molecule is Cc1nc[nH]c1CSCCNC(=N)NO.Cl.Cl. The van der Waals surface area contributed by atoms with Gasteiger partial charge in [0.25, 0.3) is 0 Å². The number of aromatic amines is 1. The summed E-state index contributed by atoms with van der Waals surface area (Å²) in [5, 5.41) is 18.1. The molecule has 0 aliphatic carbocycles. The summed E-state index contributed by atoms with van der Waals surface area (Å²) in [6.07, 6.45) is 1.69. The highest BCUT2D eigenvalue weighted by Gasteiger charge is 2.00. The van der Waals surface area contributed by atoms with E-state index in [4.69, 9.17) is 10.6 Å². The number of hydroxylamine groups is 1. The molecule has 100 valence electrons. The fourth-order valence-electron chi connectivity index (χ4n) is 0.997. The standard InChI is InChI=1S/C8H15N5OS.2ClH/c1-6-7(12-5-11-6)4-15-3-2-10-8(9)13-14;;/h5,14H,2-4H2,1H3,(H,11,12)(H3,9,10,13);2*1H. The van der Waals surface area contributed by atoms with Gasteiger partial charge in [-0.05, 0) is 6.92 Å². The minimum Gasteiger partial charge on any atom is -0.354 e. The Morgan fingerprint density at radius 2 is 2.29 bits per heavy atom. The smallest absolute Gasteiger partial charge is 0.212 e. The predicted molar refractivity (Wildman–Crippen MR) is 74.6 cm³/mol. The maximum Gasteiger partial charge on any atom is 0.212 e. The van der Waals surface area contributed by atoms with Gasteiger partial charge in [-0.1, -0.05) is 0 Å². The molecule has 0 atom stereocenters. The van der Waals surface area contributed by atoms with Gasteiger partial charge >= 0.3 is 0 Å². The second-order valence-electron chi connectivity index (χ2n) is 2.93. The average molecular weight is 302 g/mol. The minimum atomic E-state index is -0.0756. The third-order valence-electron chi connectivity index (χ3n) is 1.84. The van der Waals surface area contributed by atoms with Gasteiger partial charge in [0.05, 0.1) is 12.0 Å². The van der Waals surface area contributed by atoms with Gasteiger partial charge in [0.2, 0.25) is 5.96 Å². The number of halogens is 2. The van der Waals surface area contributed by atoms with Crippen molar-refractivity contribution in [2.24, 2.45) is 0 Å². The molecule has 0 aromatic carbocycles. The molecule has 0 fully saturated rings. The lowest BCUT2D eigenvalue weighted by Gasteiger charge is -2.05. The van der Waals surface area contributed by atoms with E-state index in [1.165, 1.54) is 0 Å². The topological polar surface area (TPSA) is 96.8 Å². The summed E-state index contributed by atoms with van der Waals surface area (Å²) in [5.74, 6) is 1.67. The molecule has 1 aromatic heterocycles. The van der Waals surface area contributed by atoms with Crippen molar-refractivity contribution in [3.05, 3.63) is 17.7 Å². The van der Waals surface area contributed by atoms with Gasteiger partial charge in [-0.3, -0.25) is 10.6 Å². The van der Waals surface area contributed by atoms with E-state index in [2.05, 4.69) is 15.3 Å². The van der Waals surface area contributed by atoms with Crippen LogP contribution in [-0.4, -0.2) is 33.4 Å². The zero-order valence-corrected chi connectivity index (χ0v) is 11.8. The number of nitrogens with one attached hydrogen (secondary N) is 4. The molecule has 0 aliphatic heterocycles. The van der Waals surface area contributed by atoms with Crippen molar-refractivity contribution < 1.29 is 5.21 Å². The van der Waals surface area contributed by atoms with E-state index in [0.29, 0.717) is 6.54 Å². The quantitative estimate of drug-likeness (QED) is 0.244. The van der Waals surface area contributed by atoms with Gasteiger partial charge in [-0.25, -0.2) is 10.5 Å². The summed E-state index contributed by atoms with van der Waals surface area (Å²) in [6.45, 7) is 2.61. The number of guanidine groups is 1. The van der Waals surface area contributed by atoms with Crippen molar-refractivity contribution in [2.75, 3.05) is 12.3 Å². The number of aryl methyl sites for hydroxylation is 1. The van der Waals surface area contributed by atoms with Crippen molar-refractivity contribution in [1.82, 2.24) is 20.8 Å². The molecular formula is C8H17Cl2N5OS. The van der Waals surface area contributed by atoms with Crippen LogP contribution < -0.4 is 10.8 Å². The molecule has 0 bridgehead atoms. The fourth-order valence-corrected chi connectivity index (χ4v) is 1.88. The Balaban J connectivity index is 0. The lowest BCUT2D eigenvalue weighted by Crippen LogP contribution is -2.35. The van der Waals surface area contributed by atoms with Gasteiger partial charge in [0.1, 0.15) is 0 Å². The Labute approximate surface area is 117 Å². The first kappa shape index (κ1) is 18.7. The molecule has 1 heterocycles. The summed E-state index contributed by atoms with van der Waals surface area (Å²) < 4.78 is 0. The number of rotatable bonds is 5. The fraction of sp³-hybridized carbons (Fsp3) is 0.500. The zero-order valence-electron chi connectivity index (χ0n) is 9.32.